The highest BCUT2D eigenvalue weighted by molar-refractivity contribution is 7.92. The predicted molar refractivity (Wildman–Crippen MR) is 95.6 cm³/mol. The lowest BCUT2D eigenvalue weighted by molar-refractivity contribution is 0.599. The predicted octanol–water partition coefficient (Wildman–Crippen LogP) is 3.34. The summed E-state index contributed by atoms with van der Waals surface area (Å²) in [6, 6.07) is 13.3. The van der Waals surface area contributed by atoms with Crippen LogP contribution in [0.2, 0.25) is 0 Å². The highest BCUT2D eigenvalue weighted by Gasteiger charge is 2.14. The molecule has 0 unspecified atom stereocenters. The molecular formula is C18H13FN4O2S. The molecule has 0 aliphatic heterocycles. The van der Waals surface area contributed by atoms with Gasteiger partial charge in [0.15, 0.2) is 0 Å². The molecule has 26 heavy (non-hydrogen) atoms. The molecule has 0 saturated heterocycles. The Morgan fingerprint density at radius 3 is 2.42 bits per heavy atom. The van der Waals surface area contributed by atoms with Gasteiger partial charge < -0.3 is 0 Å². The van der Waals surface area contributed by atoms with Gasteiger partial charge in [-0.3, -0.25) is 9.12 Å². The molecule has 4 rings (SSSR count). The Balaban J connectivity index is 1.58. The van der Waals surface area contributed by atoms with Crippen molar-refractivity contribution in [1.82, 2.24) is 14.4 Å². The Labute approximate surface area is 149 Å². The minimum Gasteiger partial charge on any atom is -0.291 e. The quantitative estimate of drug-likeness (QED) is 0.599. The Morgan fingerprint density at radius 2 is 1.73 bits per heavy atom. The fourth-order valence-electron chi connectivity index (χ4n) is 2.51. The van der Waals surface area contributed by atoms with Crippen molar-refractivity contribution in [2.45, 2.75) is 4.90 Å². The van der Waals surface area contributed by atoms with E-state index in [-0.39, 0.29) is 4.90 Å². The second kappa shape index (κ2) is 6.23. The number of hydrogen-bond donors (Lipinski definition) is 1. The Bertz CT molecular complexity index is 1140. The number of halogens is 1. The molecule has 0 radical (unpaired) electrons. The van der Waals surface area contributed by atoms with Crippen molar-refractivity contribution in [3.05, 3.63) is 79.0 Å². The Hall–Kier alpha value is -3.26. The second-order valence-corrected chi connectivity index (χ2v) is 7.27. The summed E-state index contributed by atoms with van der Waals surface area (Å²) >= 11 is 0. The van der Waals surface area contributed by atoms with E-state index < -0.39 is 15.8 Å². The summed E-state index contributed by atoms with van der Waals surface area (Å²) < 4.78 is 41.9. The number of imidazole rings is 1. The van der Waals surface area contributed by atoms with Crippen LogP contribution in [-0.4, -0.2) is 22.8 Å². The van der Waals surface area contributed by atoms with Gasteiger partial charge in [-0.05, 0) is 42.5 Å². The summed E-state index contributed by atoms with van der Waals surface area (Å²) in [6.07, 6.45) is 5.36. The van der Waals surface area contributed by atoms with E-state index in [0.717, 1.165) is 23.4 Å². The molecule has 1 N–H and O–H groups in total. The third kappa shape index (κ3) is 3.14. The lowest BCUT2D eigenvalue weighted by Gasteiger charge is -2.08. The van der Waals surface area contributed by atoms with E-state index in [1.165, 1.54) is 12.1 Å². The fourth-order valence-corrected chi connectivity index (χ4v) is 3.56. The molecule has 0 spiro atoms. The molecule has 0 aliphatic rings. The monoisotopic (exact) mass is 368 g/mol. The maximum Gasteiger partial charge on any atom is 0.261 e. The number of sulfonamides is 1. The van der Waals surface area contributed by atoms with Gasteiger partial charge in [0.25, 0.3) is 10.0 Å². The molecule has 4 aromatic rings. The van der Waals surface area contributed by atoms with E-state index in [1.54, 1.807) is 34.9 Å². The van der Waals surface area contributed by atoms with Crippen molar-refractivity contribution < 1.29 is 12.8 Å². The zero-order valence-corrected chi connectivity index (χ0v) is 14.2. The Morgan fingerprint density at radius 1 is 1.00 bits per heavy atom. The van der Waals surface area contributed by atoms with Crippen LogP contribution in [0.4, 0.5) is 10.1 Å². The first-order valence-corrected chi connectivity index (χ1v) is 9.18. The summed E-state index contributed by atoms with van der Waals surface area (Å²) in [4.78, 5) is 8.58. The van der Waals surface area contributed by atoms with Crippen molar-refractivity contribution in [3.63, 3.8) is 0 Å². The van der Waals surface area contributed by atoms with E-state index in [9.17, 15) is 12.8 Å². The number of hydrogen-bond acceptors (Lipinski definition) is 4. The number of nitrogens with one attached hydrogen (secondary N) is 1. The second-order valence-electron chi connectivity index (χ2n) is 5.59. The van der Waals surface area contributed by atoms with Gasteiger partial charge in [0.2, 0.25) is 5.78 Å². The summed E-state index contributed by atoms with van der Waals surface area (Å²) in [5.74, 6) is 0.0961. The van der Waals surface area contributed by atoms with Gasteiger partial charge in [-0.25, -0.2) is 22.8 Å². The number of anilines is 1. The van der Waals surface area contributed by atoms with Crippen molar-refractivity contribution >= 4 is 21.5 Å². The minimum atomic E-state index is -3.77. The number of fused-ring (bicyclic) bond motifs is 1. The van der Waals surface area contributed by atoms with E-state index in [1.807, 2.05) is 18.5 Å². The number of rotatable bonds is 4. The zero-order valence-electron chi connectivity index (χ0n) is 13.4. The maximum atomic E-state index is 13.0. The zero-order chi connectivity index (χ0) is 18.1. The van der Waals surface area contributed by atoms with Gasteiger partial charge >= 0.3 is 0 Å². The first-order chi connectivity index (χ1) is 12.5. The van der Waals surface area contributed by atoms with Gasteiger partial charge in [-0.2, -0.15) is 0 Å². The van der Waals surface area contributed by atoms with Crippen LogP contribution in [0.1, 0.15) is 0 Å². The van der Waals surface area contributed by atoms with Crippen molar-refractivity contribution in [2.75, 3.05) is 4.72 Å². The van der Waals surface area contributed by atoms with E-state index in [2.05, 4.69) is 14.7 Å². The normalized spacial score (nSPS) is 11.6. The third-order valence-corrected chi connectivity index (χ3v) is 5.19. The highest BCUT2D eigenvalue weighted by Crippen LogP contribution is 2.22. The topological polar surface area (TPSA) is 76.4 Å². The standard InChI is InChI=1S/C18H13FN4O2S/c19-14-4-8-16(9-5-14)26(24,25)22-15-6-2-13(3-7-15)17-12-23-11-1-10-20-18(23)21-17/h1-12,22H. The van der Waals surface area contributed by atoms with Crippen LogP contribution in [0, 0.1) is 5.82 Å². The molecular weight excluding hydrogens is 355 g/mol. The van der Waals surface area contributed by atoms with Gasteiger partial charge in [-0.15, -0.1) is 0 Å². The summed E-state index contributed by atoms with van der Waals surface area (Å²) in [5, 5.41) is 0. The first-order valence-electron chi connectivity index (χ1n) is 7.70. The fraction of sp³-hybridized carbons (Fsp3) is 0. The molecule has 0 fully saturated rings. The van der Waals surface area contributed by atoms with Crippen LogP contribution in [0.5, 0.6) is 0 Å². The van der Waals surface area contributed by atoms with Crippen LogP contribution < -0.4 is 4.72 Å². The average molecular weight is 368 g/mol. The SMILES string of the molecule is O=S(=O)(Nc1ccc(-c2cn3cccnc3n2)cc1)c1ccc(F)cc1. The number of aromatic nitrogens is 3. The van der Waals surface area contributed by atoms with Crippen molar-refractivity contribution in [3.8, 4) is 11.3 Å². The van der Waals surface area contributed by atoms with Crippen molar-refractivity contribution in [1.29, 1.82) is 0 Å². The third-order valence-electron chi connectivity index (χ3n) is 3.79. The largest absolute Gasteiger partial charge is 0.291 e. The molecule has 0 bridgehead atoms. The van der Waals surface area contributed by atoms with Gasteiger partial charge in [0.05, 0.1) is 10.6 Å². The molecule has 0 atom stereocenters. The summed E-state index contributed by atoms with van der Waals surface area (Å²) in [6.45, 7) is 0. The highest BCUT2D eigenvalue weighted by atomic mass is 32.2. The lowest BCUT2D eigenvalue weighted by atomic mass is 10.1. The van der Waals surface area contributed by atoms with Gasteiger partial charge in [0, 0.05) is 29.8 Å². The summed E-state index contributed by atoms with van der Waals surface area (Å²) in [7, 11) is -3.77. The molecule has 0 aliphatic carbocycles. The molecule has 0 amide bonds. The van der Waals surface area contributed by atoms with Crippen LogP contribution in [0.3, 0.4) is 0 Å². The van der Waals surface area contributed by atoms with Gasteiger partial charge in [-0.1, -0.05) is 12.1 Å². The van der Waals surface area contributed by atoms with Crippen LogP contribution >= 0.6 is 0 Å². The lowest BCUT2D eigenvalue weighted by Crippen LogP contribution is -2.12. The maximum absolute atomic E-state index is 13.0. The molecule has 0 saturated carbocycles. The average Bonchev–Trinajstić information content (AvgIpc) is 3.06. The summed E-state index contributed by atoms with van der Waals surface area (Å²) in [5.41, 5.74) is 1.97. The van der Waals surface area contributed by atoms with Crippen LogP contribution in [0.15, 0.2) is 78.1 Å². The van der Waals surface area contributed by atoms with E-state index >= 15 is 0 Å². The van der Waals surface area contributed by atoms with E-state index in [4.69, 9.17) is 0 Å². The molecule has 2 aromatic heterocycles. The van der Waals surface area contributed by atoms with Crippen LogP contribution in [-0.2, 0) is 10.0 Å². The first kappa shape index (κ1) is 16.2. The molecule has 2 heterocycles. The minimum absolute atomic E-state index is 0.00518. The number of benzene rings is 2. The molecule has 2 aromatic carbocycles. The van der Waals surface area contributed by atoms with Gasteiger partial charge in [0.1, 0.15) is 5.82 Å². The Kier molecular flexibility index (Phi) is 3.89. The molecule has 8 heteroatoms. The van der Waals surface area contributed by atoms with E-state index in [0.29, 0.717) is 11.5 Å². The number of nitrogens with zero attached hydrogens (tertiary/aromatic N) is 3. The molecule has 6 nitrogen and oxygen atoms in total. The molecule has 130 valence electrons. The smallest absolute Gasteiger partial charge is 0.261 e. The van der Waals surface area contributed by atoms with Crippen LogP contribution in [0.25, 0.3) is 17.0 Å². The van der Waals surface area contributed by atoms with Crippen molar-refractivity contribution in [2.24, 2.45) is 0 Å².